The summed E-state index contributed by atoms with van der Waals surface area (Å²) in [6.45, 7) is 1.27. The van der Waals surface area contributed by atoms with Gasteiger partial charge in [0.1, 0.15) is 0 Å². The van der Waals surface area contributed by atoms with E-state index in [1.807, 2.05) is 17.5 Å². The third kappa shape index (κ3) is 4.42. The van der Waals surface area contributed by atoms with Crippen molar-refractivity contribution >= 4 is 27.3 Å². The van der Waals surface area contributed by atoms with Gasteiger partial charge in [-0.05, 0) is 36.4 Å². The summed E-state index contributed by atoms with van der Waals surface area (Å²) in [7, 11) is -3.48. The predicted octanol–water partition coefficient (Wildman–Crippen LogP) is 3.23. The minimum atomic E-state index is -3.48. The highest BCUT2D eigenvalue weighted by Gasteiger charge is 2.31. The highest BCUT2D eigenvalue weighted by molar-refractivity contribution is 7.89. The van der Waals surface area contributed by atoms with Crippen molar-refractivity contribution in [1.82, 2.24) is 14.8 Å². The molecule has 9 heteroatoms. The second kappa shape index (κ2) is 8.48. The molecule has 3 heterocycles. The Labute approximate surface area is 173 Å². The maximum atomic E-state index is 12.7. The van der Waals surface area contributed by atoms with Crippen molar-refractivity contribution in [3.63, 3.8) is 0 Å². The molecule has 2 aromatic heterocycles. The number of hydrogen-bond acceptors (Lipinski definition) is 6. The standard InChI is InChI=1S/C20H21N3O4S2/c24-20(21-14-16-5-4-12-28-16)19-13-18(22-27-19)15-8-10-23(11-9-15)29(25,26)17-6-2-1-3-7-17/h1-7,12-13,15H,8-11,14H2,(H,21,24). The number of hydrogen-bond donors (Lipinski definition) is 1. The van der Waals surface area contributed by atoms with E-state index in [0.29, 0.717) is 43.1 Å². The van der Waals surface area contributed by atoms with E-state index in [4.69, 9.17) is 4.52 Å². The molecule has 0 spiro atoms. The lowest BCUT2D eigenvalue weighted by Gasteiger charge is -2.30. The molecular formula is C20H21N3O4S2. The molecule has 1 fully saturated rings. The molecule has 1 amide bonds. The van der Waals surface area contributed by atoms with Crippen molar-refractivity contribution in [2.24, 2.45) is 0 Å². The van der Waals surface area contributed by atoms with Crippen molar-refractivity contribution in [2.45, 2.75) is 30.2 Å². The third-order valence-electron chi connectivity index (χ3n) is 5.01. The molecule has 1 aliphatic heterocycles. The number of aromatic nitrogens is 1. The van der Waals surface area contributed by atoms with Crippen LogP contribution >= 0.6 is 11.3 Å². The molecule has 0 saturated carbocycles. The largest absolute Gasteiger partial charge is 0.351 e. The summed E-state index contributed by atoms with van der Waals surface area (Å²) in [5, 5.41) is 8.82. The van der Waals surface area contributed by atoms with Gasteiger partial charge in [-0.25, -0.2) is 8.42 Å². The van der Waals surface area contributed by atoms with Gasteiger partial charge < -0.3 is 9.84 Å². The minimum absolute atomic E-state index is 0.0693. The number of carbonyl (C=O) groups excluding carboxylic acids is 1. The van der Waals surface area contributed by atoms with E-state index in [1.54, 1.807) is 47.7 Å². The summed E-state index contributed by atoms with van der Waals surface area (Å²) >= 11 is 1.57. The van der Waals surface area contributed by atoms with Gasteiger partial charge in [-0.15, -0.1) is 11.3 Å². The Morgan fingerprint density at radius 3 is 2.62 bits per heavy atom. The van der Waals surface area contributed by atoms with Crippen LogP contribution in [-0.2, 0) is 16.6 Å². The second-order valence-electron chi connectivity index (χ2n) is 6.87. The first-order valence-electron chi connectivity index (χ1n) is 9.36. The van der Waals surface area contributed by atoms with E-state index < -0.39 is 10.0 Å². The molecule has 0 unspecified atom stereocenters. The average Bonchev–Trinajstić information content (AvgIpc) is 3.45. The molecule has 29 heavy (non-hydrogen) atoms. The van der Waals surface area contributed by atoms with Crippen molar-refractivity contribution in [1.29, 1.82) is 0 Å². The highest BCUT2D eigenvalue weighted by Crippen LogP contribution is 2.30. The quantitative estimate of drug-likeness (QED) is 0.647. The summed E-state index contributed by atoms with van der Waals surface area (Å²) < 4.78 is 32.2. The van der Waals surface area contributed by atoms with Gasteiger partial charge in [-0.3, -0.25) is 4.79 Å². The van der Waals surface area contributed by atoms with Gasteiger partial charge in [0.15, 0.2) is 0 Å². The average molecular weight is 432 g/mol. The molecule has 7 nitrogen and oxygen atoms in total. The summed E-state index contributed by atoms with van der Waals surface area (Å²) in [5.41, 5.74) is 0.697. The molecule has 4 rings (SSSR count). The van der Waals surface area contributed by atoms with Crippen LogP contribution in [0.2, 0.25) is 0 Å². The molecule has 3 aromatic rings. The predicted molar refractivity (Wildman–Crippen MR) is 109 cm³/mol. The summed E-state index contributed by atoms with van der Waals surface area (Å²) in [6.07, 6.45) is 1.27. The maximum absolute atomic E-state index is 12.7. The van der Waals surface area contributed by atoms with Crippen molar-refractivity contribution < 1.29 is 17.7 Å². The van der Waals surface area contributed by atoms with Crippen molar-refractivity contribution in [3.05, 3.63) is 70.2 Å². The normalized spacial score (nSPS) is 16.0. The molecule has 1 saturated heterocycles. The Bertz CT molecular complexity index is 1050. The molecule has 1 aliphatic rings. The monoisotopic (exact) mass is 431 g/mol. The maximum Gasteiger partial charge on any atom is 0.290 e. The molecule has 0 aliphatic carbocycles. The number of piperidine rings is 1. The number of amides is 1. The lowest BCUT2D eigenvalue weighted by molar-refractivity contribution is 0.0914. The van der Waals surface area contributed by atoms with E-state index >= 15 is 0 Å². The topological polar surface area (TPSA) is 92.5 Å². The van der Waals surface area contributed by atoms with Gasteiger partial charge in [0.2, 0.25) is 15.8 Å². The fourth-order valence-electron chi connectivity index (χ4n) is 3.39. The Morgan fingerprint density at radius 1 is 1.17 bits per heavy atom. The first-order chi connectivity index (χ1) is 14.0. The molecular weight excluding hydrogens is 410 g/mol. The summed E-state index contributed by atoms with van der Waals surface area (Å²) in [4.78, 5) is 13.6. The number of rotatable bonds is 6. The van der Waals surface area contributed by atoms with Gasteiger partial charge in [0.25, 0.3) is 5.91 Å². The van der Waals surface area contributed by atoms with Crippen LogP contribution < -0.4 is 5.32 Å². The highest BCUT2D eigenvalue weighted by atomic mass is 32.2. The second-order valence-corrected chi connectivity index (χ2v) is 9.84. The number of benzene rings is 1. The molecule has 152 valence electrons. The van der Waals surface area contributed by atoms with Gasteiger partial charge in [-0.1, -0.05) is 29.4 Å². The third-order valence-corrected chi connectivity index (χ3v) is 7.80. The fourth-order valence-corrected chi connectivity index (χ4v) is 5.52. The van der Waals surface area contributed by atoms with E-state index in [-0.39, 0.29) is 17.6 Å². The van der Waals surface area contributed by atoms with Crippen LogP contribution in [0.15, 0.2) is 63.3 Å². The van der Waals surface area contributed by atoms with Gasteiger partial charge >= 0.3 is 0 Å². The van der Waals surface area contributed by atoms with E-state index in [0.717, 1.165) is 4.88 Å². The van der Waals surface area contributed by atoms with Gasteiger partial charge in [0, 0.05) is 30.0 Å². The molecule has 0 radical (unpaired) electrons. The van der Waals surface area contributed by atoms with Crippen LogP contribution in [0, 0.1) is 0 Å². The lowest BCUT2D eigenvalue weighted by Crippen LogP contribution is -2.37. The summed E-state index contributed by atoms with van der Waals surface area (Å²) in [5.74, 6) is -0.0584. The first-order valence-corrected chi connectivity index (χ1v) is 11.7. The SMILES string of the molecule is O=C(NCc1cccs1)c1cc(C2CCN(S(=O)(=O)c3ccccc3)CC2)no1. The molecule has 1 aromatic carbocycles. The van der Waals surface area contributed by atoms with Crippen LogP contribution in [-0.4, -0.2) is 36.9 Å². The number of nitrogens with one attached hydrogen (secondary N) is 1. The van der Waals surface area contributed by atoms with Crippen LogP contribution in [0.1, 0.15) is 39.9 Å². The van der Waals surface area contributed by atoms with E-state index in [1.165, 1.54) is 4.31 Å². The van der Waals surface area contributed by atoms with E-state index in [9.17, 15) is 13.2 Å². The zero-order valence-corrected chi connectivity index (χ0v) is 17.3. The smallest absolute Gasteiger partial charge is 0.290 e. The fraction of sp³-hybridized carbons (Fsp3) is 0.300. The number of sulfonamides is 1. The van der Waals surface area contributed by atoms with Crippen LogP contribution in [0.3, 0.4) is 0 Å². The Hall–Kier alpha value is -2.49. The lowest BCUT2D eigenvalue weighted by atomic mass is 9.94. The number of thiophene rings is 1. The van der Waals surface area contributed by atoms with Crippen LogP contribution in [0.5, 0.6) is 0 Å². The van der Waals surface area contributed by atoms with E-state index in [2.05, 4.69) is 10.5 Å². The van der Waals surface area contributed by atoms with Crippen LogP contribution in [0.4, 0.5) is 0 Å². The number of carbonyl (C=O) groups is 1. The molecule has 0 bridgehead atoms. The Morgan fingerprint density at radius 2 is 1.93 bits per heavy atom. The first kappa shape index (κ1) is 19.8. The number of nitrogens with zero attached hydrogens (tertiary/aromatic N) is 2. The summed E-state index contributed by atoms with van der Waals surface area (Å²) in [6, 6.07) is 14.0. The van der Waals surface area contributed by atoms with Crippen LogP contribution in [0.25, 0.3) is 0 Å². The Balaban J connectivity index is 1.35. The zero-order valence-electron chi connectivity index (χ0n) is 15.7. The zero-order chi connectivity index (χ0) is 20.3. The molecule has 1 N–H and O–H groups in total. The van der Waals surface area contributed by atoms with Gasteiger partial charge in [-0.2, -0.15) is 4.31 Å². The minimum Gasteiger partial charge on any atom is -0.351 e. The molecule has 0 atom stereocenters. The Kier molecular flexibility index (Phi) is 5.79. The van der Waals surface area contributed by atoms with Crippen molar-refractivity contribution in [2.75, 3.05) is 13.1 Å². The van der Waals surface area contributed by atoms with Crippen molar-refractivity contribution in [3.8, 4) is 0 Å². The van der Waals surface area contributed by atoms with Gasteiger partial charge in [0.05, 0.1) is 17.1 Å².